The predicted octanol–water partition coefficient (Wildman–Crippen LogP) is 3.40. The molecule has 2 unspecified atom stereocenters. The minimum Gasteiger partial charge on any atom is -0.383 e. The summed E-state index contributed by atoms with van der Waals surface area (Å²) in [5, 5.41) is 14.7. The highest BCUT2D eigenvalue weighted by molar-refractivity contribution is 5.39. The summed E-state index contributed by atoms with van der Waals surface area (Å²) in [5.74, 6) is 0. The molecule has 2 aromatic carbocycles. The van der Waals surface area contributed by atoms with Crippen molar-refractivity contribution in [1.82, 2.24) is 5.32 Å². The van der Waals surface area contributed by atoms with Crippen molar-refractivity contribution in [2.45, 2.75) is 38.8 Å². The van der Waals surface area contributed by atoms with Crippen molar-refractivity contribution in [2.75, 3.05) is 6.54 Å². The van der Waals surface area contributed by atoms with Crippen LogP contribution in [0.3, 0.4) is 0 Å². The first-order valence-electron chi connectivity index (χ1n) is 7.61. The molecule has 0 saturated heterocycles. The highest BCUT2D eigenvalue weighted by atomic mass is 16.3. The maximum absolute atomic E-state index is 11.2. The van der Waals surface area contributed by atoms with Crippen LogP contribution in [0.25, 0.3) is 0 Å². The third-order valence-electron chi connectivity index (χ3n) is 4.76. The number of rotatable bonds is 2. The van der Waals surface area contributed by atoms with E-state index >= 15 is 0 Å². The summed E-state index contributed by atoms with van der Waals surface area (Å²) < 4.78 is 0. The average molecular weight is 281 g/mol. The number of aliphatic hydroxyl groups is 1. The summed E-state index contributed by atoms with van der Waals surface area (Å²) in [6, 6.07) is 14.6. The second-order valence-electron chi connectivity index (χ2n) is 6.28. The summed E-state index contributed by atoms with van der Waals surface area (Å²) >= 11 is 0. The molecule has 0 saturated carbocycles. The van der Waals surface area contributed by atoms with Gasteiger partial charge in [-0.3, -0.25) is 0 Å². The Bertz CT molecular complexity index is 660. The summed E-state index contributed by atoms with van der Waals surface area (Å²) in [6.07, 6.45) is 1.02. The van der Waals surface area contributed by atoms with Gasteiger partial charge in [0.2, 0.25) is 0 Å². The number of hydrogen-bond donors (Lipinski definition) is 2. The predicted molar refractivity (Wildman–Crippen MR) is 86.4 cm³/mol. The molecule has 0 aliphatic carbocycles. The van der Waals surface area contributed by atoms with Crippen molar-refractivity contribution < 1.29 is 5.11 Å². The van der Waals surface area contributed by atoms with Crippen molar-refractivity contribution in [1.29, 1.82) is 0 Å². The quantitative estimate of drug-likeness (QED) is 0.884. The SMILES string of the molecule is Cc1ccc(C(C)(O)C2NCCc3ccccc32)cc1C. The van der Waals surface area contributed by atoms with Gasteiger partial charge in [-0.15, -0.1) is 0 Å². The maximum atomic E-state index is 11.2. The number of fused-ring (bicyclic) bond motifs is 1. The number of nitrogens with one attached hydrogen (secondary N) is 1. The summed E-state index contributed by atoms with van der Waals surface area (Å²) in [7, 11) is 0. The first kappa shape index (κ1) is 14.3. The molecule has 0 radical (unpaired) electrons. The van der Waals surface area contributed by atoms with E-state index in [9.17, 15) is 5.11 Å². The van der Waals surface area contributed by atoms with Crippen LogP contribution in [0.4, 0.5) is 0 Å². The van der Waals surface area contributed by atoms with Gasteiger partial charge < -0.3 is 10.4 Å². The lowest BCUT2D eigenvalue weighted by molar-refractivity contribution is 0.0118. The van der Waals surface area contributed by atoms with Gasteiger partial charge in [-0.1, -0.05) is 42.5 Å². The van der Waals surface area contributed by atoms with Crippen molar-refractivity contribution >= 4 is 0 Å². The molecule has 1 aliphatic heterocycles. The van der Waals surface area contributed by atoms with Gasteiger partial charge >= 0.3 is 0 Å². The van der Waals surface area contributed by atoms with E-state index in [0.29, 0.717) is 0 Å². The number of benzene rings is 2. The molecule has 0 fully saturated rings. The Hall–Kier alpha value is -1.64. The van der Waals surface area contributed by atoms with E-state index in [1.165, 1.54) is 22.3 Å². The first-order chi connectivity index (χ1) is 10.00. The molecule has 0 amide bonds. The lowest BCUT2D eigenvalue weighted by Crippen LogP contribution is -2.43. The zero-order chi connectivity index (χ0) is 15.0. The zero-order valence-corrected chi connectivity index (χ0v) is 13.0. The highest BCUT2D eigenvalue weighted by Crippen LogP contribution is 2.38. The fourth-order valence-corrected chi connectivity index (χ4v) is 3.23. The Morgan fingerprint density at radius 1 is 1.10 bits per heavy atom. The van der Waals surface area contributed by atoms with Crippen LogP contribution in [0.1, 0.15) is 40.8 Å². The van der Waals surface area contributed by atoms with Gasteiger partial charge in [0.15, 0.2) is 0 Å². The molecule has 2 N–H and O–H groups in total. The first-order valence-corrected chi connectivity index (χ1v) is 7.61. The Morgan fingerprint density at radius 2 is 1.86 bits per heavy atom. The fraction of sp³-hybridized carbons (Fsp3) is 0.368. The van der Waals surface area contributed by atoms with E-state index in [0.717, 1.165) is 18.5 Å². The minimum atomic E-state index is -0.922. The summed E-state index contributed by atoms with van der Waals surface area (Å²) in [5.41, 5.74) is 5.08. The van der Waals surface area contributed by atoms with E-state index in [2.05, 4.69) is 55.6 Å². The van der Waals surface area contributed by atoms with Crippen LogP contribution in [-0.2, 0) is 12.0 Å². The minimum absolute atomic E-state index is 0.0652. The lowest BCUT2D eigenvalue weighted by Gasteiger charge is -2.38. The van der Waals surface area contributed by atoms with Crippen molar-refractivity contribution in [3.05, 3.63) is 70.3 Å². The zero-order valence-electron chi connectivity index (χ0n) is 13.0. The van der Waals surface area contributed by atoms with Gasteiger partial charge in [-0.25, -0.2) is 0 Å². The molecule has 1 heterocycles. The monoisotopic (exact) mass is 281 g/mol. The van der Waals surface area contributed by atoms with E-state index in [1.54, 1.807) is 0 Å². The van der Waals surface area contributed by atoms with Gasteiger partial charge in [-0.05, 0) is 61.6 Å². The summed E-state index contributed by atoms with van der Waals surface area (Å²) in [6.45, 7) is 7.01. The molecule has 0 aromatic heterocycles. The van der Waals surface area contributed by atoms with Gasteiger partial charge in [-0.2, -0.15) is 0 Å². The van der Waals surface area contributed by atoms with Crippen LogP contribution in [-0.4, -0.2) is 11.7 Å². The van der Waals surface area contributed by atoms with Crippen molar-refractivity contribution in [2.24, 2.45) is 0 Å². The molecule has 2 atom stereocenters. The van der Waals surface area contributed by atoms with E-state index < -0.39 is 5.60 Å². The van der Waals surface area contributed by atoms with Gasteiger partial charge in [0, 0.05) is 0 Å². The molecular formula is C19H23NO. The van der Waals surface area contributed by atoms with Gasteiger partial charge in [0.25, 0.3) is 0 Å². The Labute approximate surface area is 126 Å². The van der Waals surface area contributed by atoms with Crippen LogP contribution in [0.2, 0.25) is 0 Å². The standard InChI is InChI=1S/C19H23NO/c1-13-8-9-16(12-14(13)2)19(3,21)18-17-7-5-4-6-15(17)10-11-20-18/h4-9,12,18,20-21H,10-11H2,1-3H3. The van der Waals surface area contributed by atoms with E-state index in [4.69, 9.17) is 0 Å². The van der Waals surface area contributed by atoms with Crippen LogP contribution >= 0.6 is 0 Å². The molecule has 110 valence electrons. The van der Waals surface area contributed by atoms with Crippen LogP contribution in [0, 0.1) is 13.8 Å². The van der Waals surface area contributed by atoms with Crippen LogP contribution < -0.4 is 5.32 Å². The topological polar surface area (TPSA) is 32.3 Å². The van der Waals surface area contributed by atoms with Crippen LogP contribution in [0.15, 0.2) is 42.5 Å². The van der Waals surface area contributed by atoms with E-state index in [-0.39, 0.29) is 6.04 Å². The average Bonchev–Trinajstić information content (AvgIpc) is 2.49. The fourth-order valence-electron chi connectivity index (χ4n) is 3.23. The third kappa shape index (κ3) is 2.50. The molecule has 2 nitrogen and oxygen atoms in total. The Kier molecular flexibility index (Phi) is 3.60. The number of aryl methyl sites for hydroxylation is 2. The van der Waals surface area contributed by atoms with Crippen molar-refractivity contribution in [3.63, 3.8) is 0 Å². The smallest absolute Gasteiger partial charge is 0.106 e. The molecule has 3 rings (SSSR count). The van der Waals surface area contributed by atoms with Crippen LogP contribution in [0.5, 0.6) is 0 Å². The molecule has 2 heteroatoms. The lowest BCUT2D eigenvalue weighted by atomic mass is 9.79. The third-order valence-corrected chi connectivity index (χ3v) is 4.76. The summed E-state index contributed by atoms with van der Waals surface area (Å²) in [4.78, 5) is 0. The number of hydrogen-bond acceptors (Lipinski definition) is 2. The Balaban J connectivity index is 2.04. The molecule has 0 spiro atoms. The highest BCUT2D eigenvalue weighted by Gasteiger charge is 2.37. The van der Waals surface area contributed by atoms with Gasteiger partial charge in [0.05, 0.1) is 6.04 Å². The normalized spacial score (nSPS) is 20.7. The maximum Gasteiger partial charge on any atom is 0.106 e. The molecule has 21 heavy (non-hydrogen) atoms. The van der Waals surface area contributed by atoms with Crippen molar-refractivity contribution in [3.8, 4) is 0 Å². The molecule has 2 aromatic rings. The van der Waals surface area contributed by atoms with Gasteiger partial charge in [0.1, 0.15) is 5.60 Å². The second kappa shape index (κ2) is 5.28. The molecular weight excluding hydrogens is 258 g/mol. The van der Waals surface area contributed by atoms with E-state index in [1.807, 2.05) is 13.0 Å². The largest absolute Gasteiger partial charge is 0.383 e. The second-order valence-corrected chi connectivity index (χ2v) is 6.28. The Morgan fingerprint density at radius 3 is 2.62 bits per heavy atom. The molecule has 0 bridgehead atoms. The molecule has 1 aliphatic rings.